The average molecular weight is 559 g/mol. The number of hydrogen-bond acceptors (Lipinski definition) is 5. The molecule has 39 heavy (non-hydrogen) atoms. The largest absolute Gasteiger partial charge is 0.435 e. The third-order valence-corrected chi connectivity index (χ3v) is 6.00. The van der Waals surface area contributed by atoms with Crippen LogP contribution in [0.3, 0.4) is 0 Å². The molecule has 3 aromatic carbocycles. The lowest BCUT2D eigenvalue weighted by molar-refractivity contribution is -0.276. The summed E-state index contributed by atoms with van der Waals surface area (Å²) in [5.41, 5.74) is -7.13. The minimum atomic E-state index is -5.47. The van der Waals surface area contributed by atoms with Crippen molar-refractivity contribution in [2.24, 2.45) is 10.3 Å². The Morgan fingerprint density at radius 2 is 1.79 bits per heavy atom. The maximum atomic E-state index is 14.3. The Kier molecular flexibility index (Phi) is 7.23. The van der Waals surface area contributed by atoms with E-state index in [2.05, 4.69) is 20.5 Å². The second-order valence-corrected chi connectivity index (χ2v) is 8.34. The molecule has 0 aromatic heterocycles. The normalized spacial score (nSPS) is 17.8. The molecule has 4 rings (SSSR count). The van der Waals surface area contributed by atoms with E-state index in [0.717, 1.165) is 0 Å². The van der Waals surface area contributed by atoms with Crippen LogP contribution in [0.5, 0.6) is 0 Å². The summed E-state index contributed by atoms with van der Waals surface area (Å²) in [4.78, 5) is 21.9. The molecule has 14 heteroatoms. The molecule has 1 aliphatic rings. The van der Waals surface area contributed by atoms with Crippen LogP contribution in [-0.4, -0.2) is 37.7 Å². The fraction of sp³-hybridized carbons (Fsp3) is 0.240. The predicted octanol–water partition coefficient (Wildman–Crippen LogP) is 6.08. The molecule has 1 atom stereocenters. The van der Waals surface area contributed by atoms with Gasteiger partial charge in [0.2, 0.25) is 0 Å². The number of benzene rings is 3. The summed E-state index contributed by atoms with van der Waals surface area (Å²) >= 11 is 0. The van der Waals surface area contributed by atoms with Crippen LogP contribution in [0.2, 0.25) is 0 Å². The molecule has 0 spiro atoms. The minimum absolute atomic E-state index is 0.00888. The standard InChI is InChI=1S/C25H17F8N3O3/c1-38-35-9-8-34-22(37)17-7-6-16(14-4-2-3-5-15(14)17)20-12-23(39-36-20,25(31,32)33)13-10-18(24(28,29)30)21(27)19(26)11-13/h2-7,9-11H,8,12H2,1H3,(H,34,37)/b35-9+. The number of hydrogen-bond donors (Lipinski definition) is 1. The third-order valence-electron chi connectivity index (χ3n) is 6.00. The van der Waals surface area contributed by atoms with Gasteiger partial charge in [-0.15, -0.1) is 0 Å². The van der Waals surface area contributed by atoms with Crippen LogP contribution >= 0.6 is 0 Å². The highest BCUT2D eigenvalue weighted by Gasteiger charge is 2.63. The third kappa shape index (κ3) is 5.10. The molecule has 1 N–H and O–H groups in total. The van der Waals surface area contributed by atoms with Gasteiger partial charge in [-0.1, -0.05) is 40.6 Å². The first-order valence-electron chi connectivity index (χ1n) is 11.0. The summed E-state index contributed by atoms with van der Waals surface area (Å²) < 4.78 is 111. The van der Waals surface area contributed by atoms with E-state index in [0.29, 0.717) is 5.39 Å². The molecule has 3 aromatic rings. The molecule has 6 nitrogen and oxygen atoms in total. The average Bonchev–Trinajstić information content (AvgIpc) is 3.33. The summed E-state index contributed by atoms with van der Waals surface area (Å²) in [6.07, 6.45) is -10.7. The van der Waals surface area contributed by atoms with Gasteiger partial charge < -0.3 is 15.0 Å². The molecule has 1 aliphatic heterocycles. The van der Waals surface area contributed by atoms with E-state index in [4.69, 9.17) is 4.84 Å². The number of amides is 1. The summed E-state index contributed by atoms with van der Waals surface area (Å²) in [5, 5.41) is 10.2. The zero-order valence-electron chi connectivity index (χ0n) is 19.8. The zero-order chi connectivity index (χ0) is 28.6. The summed E-state index contributed by atoms with van der Waals surface area (Å²) in [6.45, 7) is 0.0194. The van der Waals surface area contributed by atoms with Gasteiger partial charge in [-0.25, -0.2) is 8.78 Å². The summed E-state index contributed by atoms with van der Waals surface area (Å²) in [7, 11) is 1.31. The van der Waals surface area contributed by atoms with E-state index < -0.39 is 53.0 Å². The van der Waals surface area contributed by atoms with Gasteiger partial charge in [-0.2, -0.15) is 26.3 Å². The van der Waals surface area contributed by atoms with E-state index in [1.54, 1.807) is 12.1 Å². The molecule has 0 bridgehead atoms. The molecule has 0 aliphatic carbocycles. The monoisotopic (exact) mass is 559 g/mol. The Morgan fingerprint density at radius 3 is 2.44 bits per heavy atom. The van der Waals surface area contributed by atoms with Crippen LogP contribution in [0.4, 0.5) is 35.1 Å². The van der Waals surface area contributed by atoms with Gasteiger partial charge in [0.15, 0.2) is 11.6 Å². The smallest absolute Gasteiger partial charge is 0.399 e. The van der Waals surface area contributed by atoms with E-state index in [1.165, 1.54) is 37.6 Å². The predicted molar refractivity (Wildman–Crippen MR) is 123 cm³/mol. The first-order valence-corrected chi connectivity index (χ1v) is 11.0. The maximum absolute atomic E-state index is 14.3. The highest BCUT2D eigenvalue weighted by atomic mass is 19.4. The minimum Gasteiger partial charge on any atom is -0.399 e. The summed E-state index contributed by atoms with van der Waals surface area (Å²) in [6, 6.07) is 8.69. The number of alkyl halides is 6. The highest BCUT2D eigenvalue weighted by molar-refractivity contribution is 6.16. The molecule has 1 heterocycles. The van der Waals surface area contributed by atoms with Crippen molar-refractivity contribution in [3.63, 3.8) is 0 Å². The number of nitrogens with one attached hydrogen (secondary N) is 1. The van der Waals surface area contributed by atoms with Gasteiger partial charge in [0.1, 0.15) is 7.11 Å². The molecule has 0 fully saturated rings. The van der Waals surface area contributed by atoms with Crippen molar-refractivity contribution in [1.29, 1.82) is 0 Å². The number of halogens is 8. The molecular formula is C25H17F8N3O3. The lowest BCUT2D eigenvalue weighted by Crippen LogP contribution is -2.43. The molecule has 1 unspecified atom stereocenters. The first kappa shape index (κ1) is 27.8. The Morgan fingerprint density at radius 1 is 1.10 bits per heavy atom. The van der Waals surface area contributed by atoms with Crippen molar-refractivity contribution in [2.75, 3.05) is 13.7 Å². The molecule has 0 radical (unpaired) electrons. The molecular weight excluding hydrogens is 542 g/mol. The van der Waals surface area contributed by atoms with Crippen LogP contribution < -0.4 is 5.32 Å². The van der Waals surface area contributed by atoms with Crippen molar-refractivity contribution < 1.29 is 49.6 Å². The van der Waals surface area contributed by atoms with Crippen LogP contribution in [-0.2, 0) is 21.5 Å². The van der Waals surface area contributed by atoms with Gasteiger partial charge in [0, 0.05) is 23.1 Å². The van der Waals surface area contributed by atoms with E-state index >= 15 is 0 Å². The molecule has 0 saturated heterocycles. The van der Waals surface area contributed by atoms with Crippen molar-refractivity contribution in [1.82, 2.24) is 5.32 Å². The molecule has 1 amide bonds. The van der Waals surface area contributed by atoms with Gasteiger partial charge in [0.05, 0.1) is 24.0 Å². The lowest BCUT2D eigenvalue weighted by atomic mass is 9.84. The van der Waals surface area contributed by atoms with Crippen molar-refractivity contribution in [3.05, 3.63) is 82.4 Å². The van der Waals surface area contributed by atoms with Crippen LogP contribution in [0.15, 0.2) is 58.8 Å². The zero-order valence-corrected chi connectivity index (χ0v) is 19.8. The Bertz CT molecular complexity index is 1480. The van der Waals surface area contributed by atoms with E-state index in [1.807, 2.05) is 0 Å². The van der Waals surface area contributed by atoms with Gasteiger partial charge in [-0.05, 0) is 29.0 Å². The first-order chi connectivity index (χ1) is 18.3. The highest BCUT2D eigenvalue weighted by Crippen LogP contribution is 2.50. The number of carbonyl (C=O) groups excluding carboxylic acids is 1. The Balaban J connectivity index is 1.77. The molecule has 0 saturated carbocycles. The lowest BCUT2D eigenvalue weighted by Gasteiger charge is -2.30. The van der Waals surface area contributed by atoms with Gasteiger partial charge >= 0.3 is 12.4 Å². The number of fused-ring (bicyclic) bond motifs is 1. The quantitative estimate of drug-likeness (QED) is 0.226. The van der Waals surface area contributed by atoms with Crippen LogP contribution in [0, 0.1) is 11.6 Å². The van der Waals surface area contributed by atoms with Gasteiger partial charge in [-0.3, -0.25) is 4.79 Å². The number of carbonyl (C=O) groups is 1. The second kappa shape index (κ2) is 10.2. The number of rotatable bonds is 6. The van der Waals surface area contributed by atoms with E-state index in [-0.39, 0.29) is 40.9 Å². The second-order valence-electron chi connectivity index (χ2n) is 8.34. The fourth-order valence-electron chi connectivity index (χ4n) is 4.17. The summed E-state index contributed by atoms with van der Waals surface area (Å²) in [5.74, 6) is -5.00. The van der Waals surface area contributed by atoms with Crippen molar-refractivity contribution >= 4 is 28.6 Å². The topological polar surface area (TPSA) is 72.3 Å². The Labute approximate surface area is 214 Å². The van der Waals surface area contributed by atoms with Crippen molar-refractivity contribution in [2.45, 2.75) is 24.4 Å². The Hall–Kier alpha value is -4.23. The van der Waals surface area contributed by atoms with E-state index in [9.17, 15) is 39.9 Å². The number of nitrogens with zero attached hydrogens (tertiary/aromatic N) is 2. The van der Waals surface area contributed by atoms with Crippen LogP contribution in [0.25, 0.3) is 10.8 Å². The van der Waals surface area contributed by atoms with Crippen molar-refractivity contribution in [3.8, 4) is 0 Å². The maximum Gasteiger partial charge on any atom is 0.435 e. The number of oxime groups is 2. The molecule has 206 valence electrons. The fourth-order valence-corrected chi connectivity index (χ4v) is 4.17. The SMILES string of the molecule is CO/N=C/CNC(=O)c1ccc(C2=NOC(c3cc(F)c(F)c(C(F)(F)F)c3)(C(F)(F)F)C2)c2ccccc12. The van der Waals surface area contributed by atoms with Gasteiger partial charge in [0.25, 0.3) is 11.5 Å². The van der Waals surface area contributed by atoms with Crippen LogP contribution in [0.1, 0.15) is 33.5 Å².